The first-order valence-electron chi connectivity index (χ1n) is 6.10. The molecule has 0 radical (unpaired) electrons. The van der Waals surface area contributed by atoms with Gasteiger partial charge in [0.15, 0.2) is 4.77 Å². The van der Waals surface area contributed by atoms with Crippen LogP contribution in [0, 0.1) is 10.6 Å². The molecule has 3 aromatic rings. The number of imidazole rings is 2. The summed E-state index contributed by atoms with van der Waals surface area (Å²) in [4.78, 5) is 7.31. The Labute approximate surface area is 124 Å². The van der Waals surface area contributed by atoms with Crippen molar-refractivity contribution < 1.29 is 4.39 Å². The van der Waals surface area contributed by atoms with E-state index in [1.165, 1.54) is 6.07 Å². The molecule has 0 aliphatic carbocycles. The predicted molar refractivity (Wildman–Crippen MR) is 79.0 cm³/mol. The van der Waals surface area contributed by atoms with E-state index in [1.807, 2.05) is 22.4 Å². The molecule has 0 saturated carbocycles. The zero-order valence-corrected chi connectivity index (χ0v) is 12.3. The van der Waals surface area contributed by atoms with Crippen molar-refractivity contribution in [1.29, 1.82) is 0 Å². The number of benzene rings is 1. The molecule has 4 nitrogen and oxygen atoms in total. The molecule has 104 valence electrons. The van der Waals surface area contributed by atoms with Crippen molar-refractivity contribution >= 4 is 34.9 Å². The lowest BCUT2D eigenvalue weighted by atomic mass is 10.3. The summed E-state index contributed by atoms with van der Waals surface area (Å²) in [5, 5.41) is 0.0880. The average molecular weight is 311 g/mol. The van der Waals surface area contributed by atoms with Gasteiger partial charge in [0, 0.05) is 38.5 Å². The largest absolute Gasteiger partial charge is 0.338 e. The molecule has 1 aromatic carbocycles. The van der Waals surface area contributed by atoms with Crippen molar-refractivity contribution in [2.45, 2.75) is 13.0 Å². The Morgan fingerprint density at radius 2 is 2.25 bits per heavy atom. The summed E-state index contributed by atoms with van der Waals surface area (Å²) in [5.41, 5.74) is 1.45. The van der Waals surface area contributed by atoms with Gasteiger partial charge in [-0.05, 0) is 18.3 Å². The number of hydrogen-bond donors (Lipinski definition) is 1. The van der Waals surface area contributed by atoms with Crippen molar-refractivity contribution in [3.63, 3.8) is 0 Å². The number of aromatic amines is 1. The zero-order chi connectivity index (χ0) is 14.3. The van der Waals surface area contributed by atoms with Gasteiger partial charge in [-0.2, -0.15) is 0 Å². The molecule has 2 heterocycles. The molecular weight excluding hydrogens is 299 g/mol. The minimum Gasteiger partial charge on any atom is -0.338 e. The van der Waals surface area contributed by atoms with Crippen LogP contribution in [0.1, 0.15) is 5.82 Å². The summed E-state index contributed by atoms with van der Waals surface area (Å²) in [6, 6.07) is 2.96. The molecule has 0 fully saturated rings. The standard InChI is InChI=1S/C13H12ClFN4S/c1-18-5-3-16-12(18)2-4-19-11-7-9(15)8(14)6-10(11)17-13(19)20/h3,5-7H,2,4H2,1H3,(H,17,20). The van der Waals surface area contributed by atoms with Crippen LogP contribution >= 0.6 is 23.8 Å². The van der Waals surface area contributed by atoms with Gasteiger partial charge in [-0.15, -0.1) is 0 Å². The molecule has 3 rings (SSSR count). The van der Waals surface area contributed by atoms with Crippen LogP contribution in [0.2, 0.25) is 5.02 Å². The van der Waals surface area contributed by atoms with Crippen LogP contribution in [0.5, 0.6) is 0 Å². The lowest BCUT2D eigenvalue weighted by molar-refractivity contribution is 0.625. The second-order valence-corrected chi connectivity index (χ2v) is 5.36. The first kappa shape index (κ1) is 13.3. The minimum atomic E-state index is -0.445. The summed E-state index contributed by atoms with van der Waals surface area (Å²) in [5.74, 6) is 0.509. The van der Waals surface area contributed by atoms with Gasteiger partial charge in [0.1, 0.15) is 11.6 Å². The highest BCUT2D eigenvalue weighted by molar-refractivity contribution is 7.71. The smallest absolute Gasteiger partial charge is 0.178 e. The molecule has 2 aromatic heterocycles. The third-order valence-electron chi connectivity index (χ3n) is 3.30. The Balaban J connectivity index is 1.99. The summed E-state index contributed by atoms with van der Waals surface area (Å²) in [7, 11) is 1.94. The van der Waals surface area contributed by atoms with Crippen molar-refractivity contribution in [2.75, 3.05) is 0 Å². The molecule has 1 N–H and O–H groups in total. The molecule has 0 unspecified atom stereocenters. The van der Waals surface area contributed by atoms with E-state index in [-0.39, 0.29) is 5.02 Å². The van der Waals surface area contributed by atoms with Crippen LogP contribution in [0.15, 0.2) is 24.5 Å². The summed E-state index contributed by atoms with van der Waals surface area (Å²) >= 11 is 11.1. The van der Waals surface area contributed by atoms with E-state index in [0.29, 0.717) is 16.8 Å². The maximum Gasteiger partial charge on any atom is 0.178 e. The Morgan fingerprint density at radius 3 is 2.95 bits per heavy atom. The van der Waals surface area contributed by atoms with Gasteiger partial charge < -0.3 is 14.1 Å². The van der Waals surface area contributed by atoms with Gasteiger partial charge in [-0.3, -0.25) is 0 Å². The van der Waals surface area contributed by atoms with Gasteiger partial charge in [-0.1, -0.05) is 11.6 Å². The molecule has 7 heteroatoms. The van der Waals surface area contributed by atoms with E-state index in [2.05, 4.69) is 9.97 Å². The maximum atomic E-state index is 13.6. The number of nitrogens with zero attached hydrogens (tertiary/aromatic N) is 3. The molecule has 0 atom stereocenters. The SMILES string of the molecule is Cn1ccnc1CCn1c(=S)[nH]c2cc(Cl)c(F)cc21. The van der Waals surface area contributed by atoms with Gasteiger partial charge in [-0.25, -0.2) is 9.37 Å². The van der Waals surface area contributed by atoms with Crippen molar-refractivity contribution in [3.8, 4) is 0 Å². The average Bonchev–Trinajstić information content (AvgIpc) is 2.92. The number of aryl methyl sites for hydroxylation is 3. The van der Waals surface area contributed by atoms with E-state index in [4.69, 9.17) is 23.8 Å². The highest BCUT2D eigenvalue weighted by Gasteiger charge is 2.10. The van der Waals surface area contributed by atoms with Crippen molar-refractivity contribution in [3.05, 3.63) is 46.0 Å². The first-order chi connectivity index (χ1) is 9.56. The predicted octanol–water partition coefficient (Wildman–Crippen LogP) is 3.47. The zero-order valence-electron chi connectivity index (χ0n) is 10.7. The van der Waals surface area contributed by atoms with Crippen LogP contribution in [-0.2, 0) is 20.0 Å². The molecule has 0 spiro atoms. The Bertz CT molecular complexity index is 833. The highest BCUT2D eigenvalue weighted by atomic mass is 35.5. The third-order valence-corrected chi connectivity index (χ3v) is 3.91. The number of hydrogen-bond acceptors (Lipinski definition) is 2. The molecule has 0 bridgehead atoms. The fourth-order valence-electron chi connectivity index (χ4n) is 2.22. The monoisotopic (exact) mass is 310 g/mol. The maximum absolute atomic E-state index is 13.6. The van der Waals surface area contributed by atoms with Gasteiger partial charge in [0.25, 0.3) is 0 Å². The number of fused-ring (bicyclic) bond motifs is 1. The van der Waals surface area contributed by atoms with E-state index in [9.17, 15) is 4.39 Å². The number of H-pyrrole nitrogens is 1. The van der Waals surface area contributed by atoms with E-state index >= 15 is 0 Å². The second-order valence-electron chi connectivity index (χ2n) is 4.57. The Kier molecular flexibility index (Phi) is 3.35. The van der Waals surface area contributed by atoms with Crippen LogP contribution in [0.4, 0.5) is 4.39 Å². The minimum absolute atomic E-state index is 0.0880. The third kappa shape index (κ3) is 2.25. The van der Waals surface area contributed by atoms with Gasteiger partial charge >= 0.3 is 0 Å². The number of rotatable bonds is 3. The fraction of sp³-hybridized carbons (Fsp3) is 0.231. The van der Waals surface area contributed by atoms with E-state index in [0.717, 1.165) is 17.8 Å². The highest BCUT2D eigenvalue weighted by Crippen LogP contribution is 2.23. The number of aromatic nitrogens is 4. The van der Waals surface area contributed by atoms with Crippen molar-refractivity contribution in [2.24, 2.45) is 7.05 Å². The topological polar surface area (TPSA) is 38.5 Å². The summed E-state index contributed by atoms with van der Waals surface area (Å²) < 4.78 is 18.0. The first-order valence-corrected chi connectivity index (χ1v) is 6.88. The number of nitrogens with one attached hydrogen (secondary N) is 1. The molecule has 0 aliphatic rings. The summed E-state index contributed by atoms with van der Waals surface area (Å²) in [6.07, 6.45) is 4.36. The molecule has 0 amide bonds. The van der Waals surface area contributed by atoms with E-state index in [1.54, 1.807) is 12.3 Å². The lowest BCUT2D eigenvalue weighted by Gasteiger charge is -2.05. The molecule has 20 heavy (non-hydrogen) atoms. The lowest BCUT2D eigenvalue weighted by Crippen LogP contribution is -2.05. The van der Waals surface area contributed by atoms with Crippen molar-refractivity contribution in [1.82, 2.24) is 19.1 Å². The molecule has 0 saturated heterocycles. The quantitative estimate of drug-likeness (QED) is 0.752. The van der Waals surface area contributed by atoms with E-state index < -0.39 is 5.82 Å². The fourth-order valence-corrected chi connectivity index (χ4v) is 2.69. The van der Waals surface area contributed by atoms with Crippen LogP contribution in [-0.4, -0.2) is 19.1 Å². The van der Waals surface area contributed by atoms with Crippen LogP contribution < -0.4 is 0 Å². The Hall–Kier alpha value is -1.66. The van der Waals surface area contributed by atoms with Crippen LogP contribution in [0.25, 0.3) is 11.0 Å². The second kappa shape index (κ2) is 5.03. The normalized spacial score (nSPS) is 11.3. The van der Waals surface area contributed by atoms with Gasteiger partial charge in [0.2, 0.25) is 0 Å². The molecule has 0 aliphatic heterocycles. The summed E-state index contributed by atoms with van der Waals surface area (Å²) in [6.45, 7) is 0.630. The molecular formula is C13H12ClFN4S. The number of halogens is 2. The Morgan fingerprint density at radius 1 is 1.45 bits per heavy atom. The van der Waals surface area contributed by atoms with Gasteiger partial charge in [0.05, 0.1) is 16.1 Å². The van der Waals surface area contributed by atoms with Crippen LogP contribution in [0.3, 0.4) is 0 Å².